The van der Waals surface area contributed by atoms with Gasteiger partial charge in [0.2, 0.25) is 0 Å². The maximum absolute atomic E-state index is 12.4. The van der Waals surface area contributed by atoms with Crippen LogP contribution in [0.15, 0.2) is 70.5 Å². The highest BCUT2D eigenvalue weighted by Crippen LogP contribution is 2.11. The molecule has 0 fully saturated rings. The monoisotopic (exact) mass is 306 g/mol. The van der Waals surface area contributed by atoms with Gasteiger partial charge >= 0.3 is 11.1 Å². The number of rotatable bonds is 3. The van der Waals surface area contributed by atoms with Crippen LogP contribution in [0.4, 0.5) is 0 Å². The summed E-state index contributed by atoms with van der Waals surface area (Å²) < 4.78 is 2.85. The van der Waals surface area contributed by atoms with Crippen LogP contribution in [0.25, 0.3) is 5.69 Å². The van der Waals surface area contributed by atoms with Crippen molar-refractivity contribution in [2.45, 2.75) is 20.4 Å². The van der Waals surface area contributed by atoms with Gasteiger partial charge in [0.05, 0.1) is 6.54 Å². The molecule has 0 unspecified atom stereocenters. The van der Waals surface area contributed by atoms with Crippen molar-refractivity contribution in [2.75, 3.05) is 0 Å². The van der Waals surface area contributed by atoms with Gasteiger partial charge in [-0.05, 0) is 42.7 Å². The molecular weight excluding hydrogens is 288 g/mol. The Balaban J connectivity index is 2.04. The minimum atomic E-state index is -0.534. The lowest BCUT2D eigenvalue weighted by molar-refractivity contribution is 0.718. The molecule has 2 aromatic carbocycles. The number of benzene rings is 2. The van der Waals surface area contributed by atoms with Crippen LogP contribution in [-0.4, -0.2) is 9.13 Å². The Morgan fingerprint density at radius 1 is 0.826 bits per heavy atom. The molecule has 4 heteroatoms. The van der Waals surface area contributed by atoms with Gasteiger partial charge in [0.1, 0.15) is 0 Å². The summed E-state index contributed by atoms with van der Waals surface area (Å²) in [7, 11) is 0. The fraction of sp³-hybridized carbons (Fsp3) is 0.158. The summed E-state index contributed by atoms with van der Waals surface area (Å²) in [5.41, 5.74) is 2.76. The summed E-state index contributed by atoms with van der Waals surface area (Å²) in [6.07, 6.45) is 3.31. The Kier molecular flexibility index (Phi) is 3.98. The molecule has 0 aliphatic carbocycles. The first kappa shape index (κ1) is 15.0. The molecule has 0 radical (unpaired) electrons. The summed E-state index contributed by atoms with van der Waals surface area (Å²) >= 11 is 0. The summed E-state index contributed by atoms with van der Waals surface area (Å²) in [5.74, 6) is 0. The highest BCUT2D eigenvalue weighted by atomic mass is 16.2. The number of hydrogen-bond donors (Lipinski definition) is 0. The van der Waals surface area contributed by atoms with E-state index in [0.29, 0.717) is 6.54 Å². The third-order valence-corrected chi connectivity index (χ3v) is 3.74. The fourth-order valence-electron chi connectivity index (χ4n) is 2.71. The van der Waals surface area contributed by atoms with Gasteiger partial charge in [-0.1, -0.05) is 36.4 Å². The van der Waals surface area contributed by atoms with E-state index in [1.54, 1.807) is 12.4 Å². The van der Waals surface area contributed by atoms with E-state index in [2.05, 4.69) is 0 Å². The fourth-order valence-corrected chi connectivity index (χ4v) is 2.71. The predicted octanol–water partition coefficient (Wildman–Crippen LogP) is 2.66. The molecule has 23 heavy (non-hydrogen) atoms. The second kappa shape index (κ2) is 6.08. The van der Waals surface area contributed by atoms with Gasteiger partial charge < -0.3 is 4.57 Å². The van der Waals surface area contributed by atoms with E-state index in [4.69, 9.17) is 0 Å². The zero-order valence-corrected chi connectivity index (χ0v) is 13.2. The topological polar surface area (TPSA) is 44.0 Å². The smallest absolute Gasteiger partial charge is 0.305 e. The van der Waals surface area contributed by atoms with E-state index in [-0.39, 0.29) is 0 Å². The van der Waals surface area contributed by atoms with Gasteiger partial charge in [0, 0.05) is 18.1 Å². The molecule has 116 valence electrons. The van der Waals surface area contributed by atoms with Crippen molar-refractivity contribution in [1.82, 2.24) is 9.13 Å². The highest BCUT2D eigenvalue weighted by Gasteiger charge is 2.08. The second-order valence-electron chi connectivity index (χ2n) is 5.74. The van der Waals surface area contributed by atoms with Gasteiger partial charge in [0.15, 0.2) is 0 Å². The van der Waals surface area contributed by atoms with Crippen molar-refractivity contribution < 1.29 is 0 Å². The Hall–Kier alpha value is -2.88. The lowest BCUT2D eigenvalue weighted by atomic mass is 10.1. The first-order valence-corrected chi connectivity index (χ1v) is 7.49. The lowest BCUT2D eigenvalue weighted by Gasteiger charge is -2.10. The summed E-state index contributed by atoms with van der Waals surface area (Å²) in [4.78, 5) is 24.8. The standard InChI is InChI=1S/C19H18N2O2/c1-14-10-15(2)12-17(11-14)21-9-8-20(18(22)19(21)23)13-16-6-4-3-5-7-16/h3-12H,13H2,1-2H3. The second-order valence-corrected chi connectivity index (χ2v) is 5.74. The predicted molar refractivity (Wildman–Crippen MR) is 91.3 cm³/mol. The Labute approximate surface area is 134 Å². The zero-order valence-electron chi connectivity index (χ0n) is 13.2. The molecule has 0 spiro atoms. The average molecular weight is 306 g/mol. The Morgan fingerprint density at radius 3 is 2.13 bits per heavy atom. The van der Waals surface area contributed by atoms with E-state index in [9.17, 15) is 9.59 Å². The lowest BCUT2D eigenvalue weighted by Crippen LogP contribution is -2.40. The summed E-state index contributed by atoms with van der Waals surface area (Å²) in [6, 6.07) is 15.4. The normalized spacial score (nSPS) is 10.7. The molecule has 0 bridgehead atoms. The van der Waals surface area contributed by atoms with Gasteiger partial charge in [-0.25, -0.2) is 0 Å². The van der Waals surface area contributed by atoms with Crippen molar-refractivity contribution in [3.63, 3.8) is 0 Å². The third kappa shape index (κ3) is 3.16. The van der Waals surface area contributed by atoms with E-state index in [0.717, 1.165) is 22.4 Å². The molecule has 0 aliphatic rings. The summed E-state index contributed by atoms with van der Waals surface area (Å²) in [5, 5.41) is 0. The molecule has 0 atom stereocenters. The van der Waals surface area contributed by atoms with Gasteiger partial charge in [0.25, 0.3) is 0 Å². The summed E-state index contributed by atoms with van der Waals surface area (Å²) in [6.45, 7) is 4.33. The quantitative estimate of drug-likeness (QED) is 0.698. The average Bonchev–Trinajstić information content (AvgIpc) is 2.52. The molecule has 3 rings (SSSR count). The molecule has 4 nitrogen and oxygen atoms in total. The first-order chi connectivity index (χ1) is 11.0. The van der Waals surface area contributed by atoms with Crippen LogP contribution in [0.2, 0.25) is 0 Å². The van der Waals surface area contributed by atoms with E-state index >= 15 is 0 Å². The minimum absolute atomic E-state index is 0.391. The van der Waals surface area contributed by atoms with E-state index in [1.807, 2.05) is 62.4 Å². The van der Waals surface area contributed by atoms with Crippen LogP contribution < -0.4 is 11.1 Å². The molecule has 1 aromatic heterocycles. The number of hydrogen-bond acceptors (Lipinski definition) is 2. The molecule has 0 saturated heterocycles. The number of nitrogens with zero attached hydrogens (tertiary/aromatic N) is 2. The maximum Gasteiger partial charge on any atom is 0.320 e. The number of aromatic nitrogens is 2. The van der Waals surface area contributed by atoms with Crippen LogP contribution in [0.1, 0.15) is 16.7 Å². The van der Waals surface area contributed by atoms with E-state index in [1.165, 1.54) is 9.13 Å². The minimum Gasteiger partial charge on any atom is -0.305 e. The van der Waals surface area contributed by atoms with Crippen molar-refractivity contribution in [1.29, 1.82) is 0 Å². The van der Waals surface area contributed by atoms with Crippen molar-refractivity contribution in [3.05, 3.63) is 98.3 Å². The van der Waals surface area contributed by atoms with Crippen LogP contribution in [0.5, 0.6) is 0 Å². The maximum atomic E-state index is 12.4. The van der Waals surface area contributed by atoms with Crippen LogP contribution >= 0.6 is 0 Å². The SMILES string of the molecule is Cc1cc(C)cc(-n2ccn(Cc3ccccc3)c(=O)c2=O)c1. The van der Waals surface area contributed by atoms with Crippen molar-refractivity contribution >= 4 is 0 Å². The zero-order chi connectivity index (χ0) is 16.4. The molecule has 0 N–H and O–H groups in total. The molecule has 0 aliphatic heterocycles. The van der Waals surface area contributed by atoms with Crippen molar-refractivity contribution in [2.24, 2.45) is 0 Å². The van der Waals surface area contributed by atoms with Crippen LogP contribution in [0.3, 0.4) is 0 Å². The van der Waals surface area contributed by atoms with Gasteiger partial charge in [-0.2, -0.15) is 0 Å². The molecule has 3 aromatic rings. The molecular formula is C19H18N2O2. The third-order valence-electron chi connectivity index (χ3n) is 3.74. The van der Waals surface area contributed by atoms with Crippen LogP contribution in [0, 0.1) is 13.8 Å². The van der Waals surface area contributed by atoms with Gasteiger partial charge in [-0.15, -0.1) is 0 Å². The molecule has 0 saturated carbocycles. The van der Waals surface area contributed by atoms with Gasteiger partial charge in [-0.3, -0.25) is 14.2 Å². The largest absolute Gasteiger partial charge is 0.320 e. The molecule has 0 amide bonds. The van der Waals surface area contributed by atoms with Crippen LogP contribution in [-0.2, 0) is 6.54 Å². The van der Waals surface area contributed by atoms with Crippen molar-refractivity contribution in [3.8, 4) is 5.69 Å². The van der Waals surface area contributed by atoms with E-state index < -0.39 is 11.1 Å². The highest BCUT2D eigenvalue weighted by molar-refractivity contribution is 5.39. The first-order valence-electron chi connectivity index (χ1n) is 7.49. The Bertz CT molecular complexity index is 933. The number of aryl methyl sites for hydroxylation is 2. The Morgan fingerprint density at radius 2 is 1.48 bits per heavy atom. The molecule has 1 heterocycles.